The van der Waals surface area contributed by atoms with Gasteiger partial charge in [0.05, 0.1) is 77.8 Å². The first-order chi connectivity index (χ1) is 68.6. The standard InChI is InChI=1S/C33H28N4O8S.C18H28N4O6S.C14H19N5O4S.C13H18N4O5S.C12H16N4O5S/c1-19(20-12-6-3-7-13-20)45-33(2)25(44-29(40)22-16-10-5-11-17-22)23(18-42-28(39)21-14-8-4-9-15-21)43-30(33)37-26-24(46-32(37)41)27(38)36-31(34)35-26;1-2-3-4-5-6-7-8-27-12-10(9-23)28-16(11(12)24)22-14-13(29-18(22)26)15(25)21-17(19)20-14;1-7-19(10-4-8(21)9(5-20)23-10)12-11(24-7)13(22)17-14(16-12)15-6-18(2)3;1-5-17(9-7(23-5)10(21)16-12(14)15-9)11-8(20)13(2,4-19)6(3-18)22-11;1-4-16(8-6(22-4)9(19)15-11(13)14-8)10-12(2,20)7(18)5(3-17)21-10/h3-17,23,25,30H,1,18H2,2H3,(H3,34,35,36,38);10-12,16,23-24H,2-9H2,1H3,(H3,19,20,21,25);6,8-10,20-21H,1,4-5H2,2-3H3,(H,16,17,22);6,8,11,18-20H,1,3-4H2,2H3,(H3,14,15,16,21);5,7,10,17-18,20H,1,3H2,2H3,(H3,13,14,15,19)/t23-,25-,30-,33-;10-,11-,12+,16-;8-,9+,10+;6-,8+,11-,13-;5-,7-,10-,12-/m11011/s1. The molecule has 0 amide bonds. The first kappa shape index (κ1) is 107. The number of H-pyrrole nitrogens is 5. The second kappa shape index (κ2) is 45.5. The van der Waals surface area contributed by atoms with Crippen molar-refractivity contribution in [2.24, 2.45) is 10.4 Å². The Hall–Kier alpha value is -12.4. The van der Waals surface area contributed by atoms with Crippen molar-refractivity contribution in [1.82, 2.24) is 63.9 Å². The van der Waals surface area contributed by atoms with Crippen LogP contribution in [-0.4, -0.2) is 291 Å². The predicted molar refractivity (Wildman–Crippen MR) is 533 cm³/mol. The predicted octanol–water partition coefficient (Wildman–Crippen LogP) is 2.10. The summed E-state index contributed by atoms with van der Waals surface area (Å²) < 4.78 is 55.4. The Balaban J connectivity index is 0.000000148. The highest BCUT2D eigenvalue weighted by Crippen LogP contribution is 2.53. The number of ether oxygens (including phenoxy) is 9. The number of unbranched alkanes of at least 4 members (excludes halogenated alkanes) is 5. The first-order valence-corrected chi connectivity index (χ1v) is 49.0. The number of aliphatic imine (C=N–C) groups is 1. The third kappa shape index (κ3) is 22.2. The summed E-state index contributed by atoms with van der Waals surface area (Å²) in [4.78, 5) is 157. The number of carbonyl (C=O) groups excluding carboxylic acids is 2. The molecule has 7 aromatic heterocycles. The Bertz CT molecular complexity index is 6870. The van der Waals surface area contributed by atoms with Crippen molar-refractivity contribution >= 4 is 150 Å². The van der Waals surface area contributed by atoms with Gasteiger partial charge in [0.2, 0.25) is 29.7 Å². The third-order valence-corrected chi connectivity index (χ3v) is 29.2. The summed E-state index contributed by atoms with van der Waals surface area (Å²) in [5.41, 5.74) is 17.0. The van der Waals surface area contributed by atoms with Gasteiger partial charge in [-0.1, -0.05) is 197 Å². The van der Waals surface area contributed by atoms with Crippen LogP contribution in [0.4, 0.5) is 47.2 Å². The fraction of sp³-hybridized carbons (Fsp3) is 0.433. The topological polar surface area (TPSA) is 722 Å². The number of nitrogens with two attached hydrogens (primary N) is 4. The number of fused-ring (bicyclic) bond motifs is 5. The molecule has 0 unspecified atom stereocenters. The fourth-order valence-corrected chi connectivity index (χ4v) is 21.2. The molecule has 54 heteroatoms. The van der Waals surface area contributed by atoms with Gasteiger partial charge in [0.25, 0.3) is 27.8 Å². The molecule has 144 heavy (non-hydrogen) atoms. The maximum Gasteiger partial charge on any atom is 0.338 e. The zero-order valence-corrected chi connectivity index (χ0v) is 82.3. The monoisotopic (exact) mass is 2090 g/mol. The first-order valence-electron chi connectivity index (χ1n) is 44.9. The highest BCUT2D eigenvalue weighted by atomic mass is 32.2. The van der Waals surface area contributed by atoms with Crippen molar-refractivity contribution in [3.05, 3.63) is 220 Å². The lowest BCUT2D eigenvalue weighted by molar-refractivity contribution is -0.0965. The van der Waals surface area contributed by atoms with Crippen molar-refractivity contribution in [3.63, 3.8) is 0 Å². The number of esters is 2. The maximum atomic E-state index is 13.5. The zero-order valence-electron chi connectivity index (χ0n) is 78.2. The molecular formula is C90H109N21O28S5. The van der Waals surface area contributed by atoms with Crippen LogP contribution >= 0.6 is 58.0 Å². The smallest absolute Gasteiger partial charge is 0.338 e. The molecule has 0 radical (unpaired) electrons. The number of thioether (sulfide) groups is 3. The lowest BCUT2D eigenvalue weighted by Gasteiger charge is -2.36. The highest BCUT2D eigenvalue weighted by Gasteiger charge is 2.62. The van der Waals surface area contributed by atoms with Crippen LogP contribution in [-0.2, 0) is 42.6 Å². The van der Waals surface area contributed by atoms with E-state index in [-0.39, 0.29) is 123 Å². The molecule has 18 rings (SSSR count). The van der Waals surface area contributed by atoms with Crippen molar-refractivity contribution in [2.75, 3.05) is 98.0 Å². The minimum atomic E-state index is -1.70. The fourth-order valence-electron chi connectivity index (χ4n) is 16.9. The summed E-state index contributed by atoms with van der Waals surface area (Å²) >= 11 is 4.69. The molecule has 0 aliphatic carbocycles. The molecule has 23 N–H and O–H groups in total. The van der Waals surface area contributed by atoms with Crippen LogP contribution < -0.4 is 75.2 Å². The number of carbonyl (C=O) groups is 2. The van der Waals surface area contributed by atoms with E-state index in [4.69, 9.17) is 65.6 Å². The van der Waals surface area contributed by atoms with Crippen LogP contribution in [0.15, 0.2) is 186 Å². The third-order valence-electron chi connectivity index (χ3n) is 24.3. The van der Waals surface area contributed by atoms with E-state index in [9.17, 15) is 94.2 Å². The van der Waals surface area contributed by atoms with Gasteiger partial charge in [0.1, 0.15) is 97.1 Å². The van der Waals surface area contributed by atoms with Gasteiger partial charge in [-0.2, -0.15) is 24.9 Å². The van der Waals surface area contributed by atoms with Gasteiger partial charge < -0.3 is 122 Å². The Kier molecular flexibility index (Phi) is 33.9. The number of nitrogens with zero attached hydrogens (tertiary/aromatic N) is 12. The minimum absolute atomic E-state index is 0.00354. The SMILES string of the molecule is C=C(O[C@]1(C)[C@H](OC(=O)c2ccccc2)[C@@H](COC(=O)c2ccccc2)O[C@H]1n1c(=O)sc2c(=O)[nH]c(N)nc21)c1ccccc1.C=C1Sc2c(nc(N)[nH]c2=O)N1[C@@H]1O[C@H](CO)[C@@H](O)[C@@]1(C)O.C=C1Sc2c(nc(N)[nH]c2=O)N1[C@@H]1O[C@H](CO)[C@@](C)(CO)[C@H]1O.C=C1Sc2c(nc(N=CN(C)C)[nH]c2=O)N1[C@H]1C[C@H](O)[C@@H](CO)O1.CCCCCCCCO[C@@H]1[C@@H](O)[C@H](n2c(=O)sc3c(=O)[nH]c(N)nc32)O[C@@H]1CO. The molecule has 8 aliphatic heterocycles. The number of thiazole rings is 2. The van der Waals surface area contributed by atoms with E-state index in [2.05, 4.69) is 88.1 Å². The van der Waals surface area contributed by atoms with Crippen LogP contribution in [0.3, 0.4) is 0 Å². The maximum absolute atomic E-state index is 13.5. The van der Waals surface area contributed by atoms with Crippen molar-refractivity contribution in [1.29, 1.82) is 0 Å². The van der Waals surface area contributed by atoms with Crippen LogP contribution in [0.25, 0.3) is 26.5 Å². The Morgan fingerprint density at radius 1 is 0.556 bits per heavy atom. The summed E-state index contributed by atoms with van der Waals surface area (Å²) in [5.74, 6) is -0.679. The Morgan fingerprint density at radius 2 is 1.04 bits per heavy atom. The Morgan fingerprint density at radius 3 is 1.57 bits per heavy atom. The normalized spacial score (nSPS) is 26.5. The quantitative estimate of drug-likeness (QED) is 0.0110. The van der Waals surface area contributed by atoms with E-state index in [0.717, 1.165) is 51.9 Å². The number of aromatic nitrogens is 12. The van der Waals surface area contributed by atoms with Gasteiger partial charge in [-0.15, -0.1) is 0 Å². The lowest BCUT2D eigenvalue weighted by atomic mass is 9.81. The molecule has 10 aromatic rings. The van der Waals surface area contributed by atoms with Gasteiger partial charge in [-0.25, -0.2) is 14.6 Å². The van der Waals surface area contributed by atoms with Crippen molar-refractivity contribution in [3.8, 4) is 0 Å². The number of hydrogen-bond donors (Lipinski definition) is 19. The lowest BCUT2D eigenvalue weighted by Crippen LogP contribution is -2.52. The molecule has 15 heterocycles. The summed E-state index contributed by atoms with van der Waals surface area (Å²) in [6.45, 7) is 20.7. The van der Waals surface area contributed by atoms with Crippen LogP contribution in [0.2, 0.25) is 0 Å². The van der Waals surface area contributed by atoms with E-state index >= 15 is 0 Å². The second-order valence-electron chi connectivity index (χ2n) is 34.6. The van der Waals surface area contributed by atoms with Gasteiger partial charge in [0.15, 0.2) is 65.4 Å². The van der Waals surface area contributed by atoms with E-state index in [1.165, 1.54) is 54.1 Å². The molecule has 5 fully saturated rings. The number of nitrogens with one attached hydrogen (secondary N) is 5. The number of aromatic amines is 5. The largest absolute Gasteiger partial charge is 0.479 e. The second-order valence-corrected chi connectivity index (χ2v) is 39.8. The van der Waals surface area contributed by atoms with Gasteiger partial charge >= 0.3 is 21.7 Å². The van der Waals surface area contributed by atoms with Crippen LogP contribution in [0.1, 0.15) is 111 Å². The van der Waals surface area contributed by atoms with Gasteiger partial charge in [0, 0.05) is 38.1 Å². The van der Waals surface area contributed by atoms with Gasteiger partial charge in [-0.3, -0.25) is 82.3 Å². The number of aliphatic hydroxyl groups excluding tert-OH is 9. The molecule has 5 saturated heterocycles. The average molecular weight is 2090 g/mol. The van der Waals surface area contributed by atoms with Crippen LogP contribution in [0.5, 0.6) is 0 Å². The molecular weight excluding hydrogens is 1980 g/mol. The van der Waals surface area contributed by atoms with Crippen molar-refractivity contribution in [2.45, 2.75) is 197 Å². The number of anilines is 7. The van der Waals surface area contributed by atoms with E-state index < -0.39 is 165 Å². The number of nitrogen functional groups attached to an aromatic ring is 4. The average Bonchev–Trinajstić information content (AvgIpc) is 1.51. The minimum Gasteiger partial charge on any atom is -0.479 e. The molecule has 0 bridgehead atoms. The Labute approximate surface area is 837 Å². The van der Waals surface area contributed by atoms with E-state index in [0.29, 0.717) is 71.1 Å². The number of hydrogen-bond acceptors (Lipinski definition) is 46. The molecule has 19 atom stereocenters. The van der Waals surface area contributed by atoms with Gasteiger partial charge in [-0.05, 0) is 44.5 Å². The molecule has 49 nitrogen and oxygen atoms in total. The summed E-state index contributed by atoms with van der Waals surface area (Å²) in [6, 6.07) is 25.6. The number of aliphatic hydroxyl groups is 10. The zero-order chi connectivity index (χ0) is 104. The molecule has 0 saturated carbocycles. The number of rotatable bonds is 28. The summed E-state index contributed by atoms with van der Waals surface area (Å²) in [5, 5.41) is 101. The highest BCUT2D eigenvalue weighted by molar-refractivity contribution is 8.04. The molecule has 3 aromatic carbocycles. The number of benzene rings is 3. The van der Waals surface area contributed by atoms with E-state index in [1.807, 2.05) is 20.2 Å². The molecule has 8 aliphatic rings. The summed E-state index contributed by atoms with van der Waals surface area (Å²) in [7, 11) is 3.61. The van der Waals surface area contributed by atoms with Crippen LogP contribution in [0, 0.1) is 5.41 Å². The molecule has 772 valence electrons. The summed E-state index contributed by atoms with van der Waals surface area (Å²) in [6.07, 6.45) is -7.46. The molecule has 0 spiro atoms. The van der Waals surface area contributed by atoms with Crippen molar-refractivity contribution < 1.29 is 103 Å². The van der Waals surface area contributed by atoms with E-state index in [1.54, 1.807) is 109 Å².